The summed E-state index contributed by atoms with van der Waals surface area (Å²) >= 11 is 0. The second-order valence-electron chi connectivity index (χ2n) is 9.04. The molecule has 2 heterocycles. The Bertz CT molecular complexity index is 931. The van der Waals surface area contributed by atoms with E-state index in [0.717, 1.165) is 37.7 Å². The molecule has 2 N–H and O–H groups in total. The van der Waals surface area contributed by atoms with Gasteiger partial charge < -0.3 is 10.4 Å². The van der Waals surface area contributed by atoms with Gasteiger partial charge in [-0.05, 0) is 68.1 Å². The first kappa shape index (κ1) is 22.5. The summed E-state index contributed by atoms with van der Waals surface area (Å²) in [6.45, 7) is 1.77. The number of aliphatic carboxylic acids is 1. The van der Waals surface area contributed by atoms with Gasteiger partial charge >= 0.3 is 5.97 Å². The minimum Gasteiger partial charge on any atom is -0.480 e. The van der Waals surface area contributed by atoms with E-state index in [0.29, 0.717) is 26.1 Å². The van der Waals surface area contributed by atoms with Gasteiger partial charge in [-0.3, -0.25) is 19.5 Å². The Morgan fingerprint density at radius 2 is 1.97 bits per heavy atom. The fourth-order valence-corrected chi connectivity index (χ4v) is 4.97. The zero-order valence-corrected chi connectivity index (χ0v) is 18.6. The van der Waals surface area contributed by atoms with Crippen molar-refractivity contribution in [1.82, 2.24) is 15.2 Å². The van der Waals surface area contributed by atoms with Crippen molar-refractivity contribution in [3.05, 3.63) is 65.0 Å². The molecular weight excluding hydrogens is 402 g/mol. The molecule has 0 bridgehead atoms. The summed E-state index contributed by atoms with van der Waals surface area (Å²) in [7, 11) is 0. The van der Waals surface area contributed by atoms with Crippen LogP contribution in [0, 0.1) is 5.92 Å². The predicted molar refractivity (Wildman–Crippen MR) is 123 cm³/mol. The van der Waals surface area contributed by atoms with Gasteiger partial charge in [0.15, 0.2) is 0 Å². The zero-order valence-electron chi connectivity index (χ0n) is 18.6. The number of carboxylic acid groups (broad SMARTS) is 1. The Balaban J connectivity index is 1.19. The number of pyridine rings is 1. The second-order valence-corrected chi connectivity index (χ2v) is 9.04. The Morgan fingerprint density at radius 3 is 2.78 bits per heavy atom. The molecule has 32 heavy (non-hydrogen) atoms. The summed E-state index contributed by atoms with van der Waals surface area (Å²) < 4.78 is 0. The standard InChI is InChI=1S/C26H33N3O3/c30-25(22-13-15-29(18-22)24(26(31)32)20-9-2-1-3-10-20)27-14-7-6-8-19-16-21-11-4-5-12-23(21)28-17-19/h1-3,9-10,16-17,22,24H,4-8,11-15,18H2,(H,27,30)(H,31,32)/t22-,24+/m1/s1. The molecule has 1 saturated heterocycles. The van der Waals surface area contributed by atoms with Crippen molar-refractivity contribution in [3.8, 4) is 0 Å². The molecule has 2 atom stereocenters. The van der Waals surface area contributed by atoms with Crippen molar-refractivity contribution < 1.29 is 14.7 Å². The van der Waals surface area contributed by atoms with Crippen molar-refractivity contribution in [2.45, 2.75) is 57.4 Å². The number of carboxylic acids is 1. The molecule has 1 aromatic heterocycles. The maximum atomic E-state index is 12.6. The second kappa shape index (κ2) is 10.7. The van der Waals surface area contributed by atoms with E-state index in [9.17, 15) is 14.7 Å². The number of hydrogen-bond acceptors (Lipinski definition) is 4. The molecule has 6 heteroatoms. The first-order chi connectivity index (χ1) is 15.6. The lowest BCUT2D eigenvalue weighted by atomic mass is 9.94. The lowest BCUT2D eigenvalue weighted by molar-refractivity contribution is -0.143. The summed E-state index contributed by atoms with van der Waals surface area (Å²) in [6, 6.07) is 10.9. The van der Waals surface area contributed by atoms with E-state index in [1.165, 1.54) is 29.7 Å². The molecule has 170 valence electrons. The molecule has 0 saturated carbocycles. The predicted octanol–water partition coefficient (Wildman–Crippen LogP) is 3.55. The number of hydrogen-bond donors (Lipinski definition) is 2. The monoisotopic (exact) mass is 435 g/mol. The Labute approximate surface area is 190 Å². The Morgan fingerprint density at radius 1 is 1.16 bits per heavy atom. The SMILES string of the molecule is O=C(NCCCCc1cnc2c(c1)CCCC2)[C@@H]1CCN([C@H](C(=O)O)c2ccccc2)C1. The van der Waals surface area contributed by atoms with Crippen LogP contribution in [0.2, 0.25) is 0 Å². The third-order valence-corrected chi connectivity index (χ3v) is 6.72. The molecule has 1 fully saturated rings. The van der Waals surface area contributed by atoms with Crippen molar-refractivity contribution in [2.24, 2.45) is 5.92 Å². The molecule has 0 unspecified atom stereocenters. The van der Waals surface area contributed by atoms with Gasteiger partial charge in [0.1, 0.15) is 6.04 Å². The first-order valence-electron chi connectivity index (χ1n) is 11.9. The summed E-state index contributed by atoms with van der Waals surface area (Å²) in [5.74, 6) is -0.973. The number of carbonyl (C=O) groups is 2. The van der Waals surface area contributed by atoms with E-state index >= 15 is 0 Å². The van der Waals surface area contributed by atoms with Crippen LogP contribution in [0.4, 0.5) is 0 Å². The molecule has 0 spiro atoms. The van der Waals surface area contributed by atoms with E-state index in [1.807, 2.05) is 41.4 Å². The average Bonchev–Trinajstić information content (AvgIpc) is 3.29. The van der Waals surface area contributed by atoms with Gasteiger partial charge in [-0.15, -0.1) is 0 Å². The van der Waals surface area contributed by atoms with Crippen molar-refractivity contribution in [3.63, 3.8) is 0 Å². The number of aryl methyl sites for hydroxylation is 3. The number of likely N-dealkylation sites (tertiary alicyclic amines) is 1. The van der Waals surface area contributed by atoms with Crippen LogP contribution in [-0.2, 0) is 28.9 Å². The molecular formula is C26H33N3O3. The zero-order chi connectivity index (χ0) is 22.3. The highest BCUT2D eigenvalue weighted by Crippen LogP contribution is 2.28. The van der Waals surface area contributed by atoms with Gasteiger partial charge in [0.05, 0.1) is 5.92 Å². The van der Waals surface area contributed by atoms with Gasteiger partial charge in [-0.25, -0.2) is 0 Å². The van der Waals surface area contributed by atoms with Crippen LogP contribution < -0.4 is 5.32 Å². The largest absolute Gasteiger partial charge is 0.480 e. The number of nitrogens with one attached hydrogen (secondary N) is 1. The number of nitrogens with zero attached hydrogens (tertiary/aromatic N) is 2. The van der Waals surface area contributed by atoms with Crippen LogP contribution in [0.1, 0.15) is 60.5 Å². The van der Waals surface area contributed by atoms with Crippen LogP contribution in [0.3, 0.4) is 0 Å². The van der Waals surface area contributed by atoms with Crippen molar-refractivity contribution >= 4 is 11.9 Å². The summed E-state index contributed by atoms with van der Waals surface area (Å²) in [5.41, 5.74) is 4.75. The number of amides is 1. The minimum absolute atomic E-state index is 0.0418. The van der Waals surface area contributed by atoms with Gasteiger partial charge in [-0.1, -0.05) is 36.4 Å². The highest BCUT2D eigenvalue weighted by molar-refractivity contribution is 5.80. The molecule has 1 amide bonds. The lowest BCUT2D eigenvalue weighted by Crippen LogP contribution is -2.36. The quantitative estimate of drug-likeness (QED) is 0.589. The fraction of sp³-hybridized carbons (Fsp3) is 0.500. The molecule has 6 nitrogen and oxygen atoms in total. The number of benzene rings is 1. The molecule has 0 radical (unpaired) electrons. The topological polar surface area (TPSA) is 82.5 Å². The fourth-order valence-electron chi connectivity index (χ4n) is 4.97. The Kier molecular flexibility index (Phi) is 7.53. The summed E-state index contributed by atoms with van der Waals surface area (Å²) in [6.07, 6.45) is 10.4. The first-order valence-corrected chi connectivity index (χ1v) is 11.9. The number of unbranched alkanes of at least 4 members (excludes halogenated alkanes) is 1. The van der Waals surface area contributed by atoms with Crippen LogP contribution in [0.5, 0.6) is 0 Å². The van der Waals surface area contributed by atoms with E-state index in [1.54, 1.807) is 0 Å². The molecule has 1 aliphatic heterocycles. The van der Waals surface area contributed by atoms with Gasteiger partial charge in [0.2, 0.25) is 5.91 Å². The van der Waals surface area contributed by atoms with Gasteiger partial charge in [0, 0.05) is 31.5 Å². The molecule has 1 aromatic carbocycles. The number of fused-ring (bicyclic) bond motifs is 1. The molecule has 2 aliphatic rings. The highest BCUT2D eigenvalue weighted by Gasteiger charge is 2.36. The van der Waals surface area contributed by atoms with Crippen LogP contribution in [0.25, 0.3) is 0 Å². The smallest absolute Gasteiger partial charge is 0.325 e. The van der Waals surface area contributed by atoms with Crippen molar-refractivity contribution in [1.29, 1.82) is 0 Å². The van der Waals surface area contributed by atoms with E-state index in [-0.39, 0.29) is 11.8 Å². The third kappa shape index (κ3) is 5.54. The normalized spacial score (nSPS) is 19.3. The minimum atomic E-state index is -0.867. The maximum absolute atomic E-state index is 12.6. The van der Waals surface area contributed by atoms with E-state index < -0.39 is 12.0 Å². The molecule has 2 aromatic rings. The van der Waals surface area contributed by atoms with Crippen LogP contribution in [-0.4, -0.2) is 46.5 Å². The summed E-state index contributed by atoms with van der Waals surface area (Å²) in [4.78, 5) is 31.0. The number of carbonyl (C=O) groups excluding carboxylic acids is 1. The molecule has 4 rings (SSSR count). The van der Waals surface area contributed by atoms with Gasteiger partial charge in [0.25, 0.3) is 0 Å². The third-order valence-electron chi connectivity index (χ3n) is 6.72. The van der Waals surface area contributed by atoms with E-state index in [4.69, 9.17) is 0 Å². The van der Waals surface area contributed by atoms with Gasteiger partial charge in [-0.2, -0.15) is 0 Å². The average molecular weight is 436 g/mol. The van der Waals surface area contributed by atoms with Crippen LogP contribution in [0.15, 0.2) is 42.6 Å². The van der Waals surface area contributed by atoms with Crippen LogP contribution >= 0.6 is 0 Å². The lowest BCUT2D eigenvalue weighted by Gasteiger charge is -2.24. The number of aromatic nitrogens is 1. The Hall–Kier alpha value is -2.73. The van der Waals surface area contributed by atoms with Crippen molar-refractivity contribution in [2.75, 3.05) is 19.6 Å². The maximum Gasteiger partial charge on any atom is 0.325 e. The molecule has 1 aliphatic carbocycles. The number of rotatable bonds is 9. The summed E-state index contributed by atoms with van der Waals surface area (Å²) in [5, 5.41) is 12.8. The van der Waals surface area contributed by atoms with E-state index in [2.05, 4.69) is 16.4 Å². The highest BCUT2D eigenvalue weighted by atomic mass is 16.4.